The van der Waals surface area contributed by atoms with E-state index >= 15 is 0 Å². The van der Waals surface area contributed by atoms with Crippen molar-refractivity contribution in [3.8, 4) is 0 Å². The van der Waals surface area contributed by atoms with E-state index in [4.69, 9.17) is 5.73 Å². The Kier molecular flexibility index (Phi) is 4.09. The van der Waals surface area contributed by atoms with Crippen LogP contribution < -0.4 is 5.73 Å². The summed E-state index contributed by atoms with van der Waals surface area (Å²) in [5.41, 5.74) is 6.57. The predicted octanol–water partition coefficient (Wildman–Crippen LogP) is 2.60. The molecule has 2 aliphatic rings. The lowest BCUT2D eigenvalue weighted by Crippen LogP contribution is -2.41. The fourth-order valence-corrected chi connectivity index (χ4v) is 5.50. The highest BCUT2D eigenvalue weighted by Gasteiger charge is 2.40. The highest BCUT2D eigenvalue weighted by atomic mass is 32.2. The Morgan fingerprint density at radius 3 is 2.93 bits per heavy atom. The minimum absolute atomic E-state index is 0.626. The van der Waals surface area contributed by atoms with Gasteiger partial charge in [-0.25, -0.2) is 0 Å². The smallest absolute Gasteiger partial charge is 0.000737 e. The summed E-state index contributed by atoms with van der Waals surface area (Å²) in [5.74, 6) is 6.30. The Labute approximate surface area is 96.0 Å². The van der Waals surface area contributed by atoms with Crippen LogP contribution in [-0.4, -0.2) is 29.6 Å². The Balaban J connectivity index is 2.07. The standard InChI is InChI=1S/C11H21NS2/c12-8-10-2-6-14-9-11(10)3-1-5-13-7-4-11/h10H,1-9,12H2. The first-order valence-electron chi connectivity index (χ1n) is 5.73. The molecule has 2 unspecified atom stereocenters. The van der Waals surface area contributed by atoms with Crippen LogP contribution in [0, 0.1) is 11.3 Å². The van der Waals surface area contributed by atoms with Crippen LogP contribution in [-0.2, 0) is 0 Å². The van der Waals surface area contributed by atoms with Crippen molar-refractivity contribution in [2.24, 2.45) is 17.1 Å². The van der Waals surface area contributed by atoms with Gasteiger partial charge >= 0.3 is 0 Å². The van der Waals surface area contributed by atoms with E-state index in [0.717, 1.165) is 12.5 Å². The molecule has 2 rings (SSSR count). The molecule has 14 heavy (non-hydrogen) atoms. The first kappa shape index (κ1) is 11.2. The third-order valence-electron chi connectivity index (χ3n) is 3.86. The van der Waals surface area contributed by atoms with E-state index in [9.17, 15) is 0 Å². The van der Waals surface area contributed by atoms with Crippen LogP contribution in [0.25, 0.3) is 0 Å². The fraction of sp³-hybridized carbons (Fsp3) is 1.00. The quantitative estimate of drug-likeness (QED) is 0.751. The summed E-state index contributed by atoms with van der Waals surface area (Å²) in [6.07, 6.45) is 5.65. The molecule has 0 aliphatic carbocycles. The van der Waals surface area contributed by atoms with Gasteiger partial charge in [0.05, 0.1) is 0 Å². The van der Waals surface area contributed by atoms with E-state index in [1.165, 1.54) is 48.7 Å². The minimum atomic E-state index is 0.626. The van der Waals surface area contributed by atoms with Crippen LogP contribution in [0.1, 0.15) is 25.7 Å². The highest BCUT2D eigenvalue weighted by Crippen LogP contribution is 2.47. The van der Waals surface area contributed by atoms with Crippen molar-refractivity contribution < 1.29 is 0 Å². The molecule has 3 heteroatoms. The maximum absolute atomic E-state index is 5.94. The van der Waals surface area contributed by atoms with Crippen molar-refractivity contribution in [3.05, 3.63) is 0 Å². The molecular weight excluding hydrogens is 210 g/mol. The second-order valence-corrected chi connectivity index (χ2v) is 6.93. The first-order chi connectivity index (χ1) is 6.87. The van der Waals surface area contributed by atoms with Crippen LogP contribution in [0.2, 0.25) is 0 Å². The van der Waals surface area contributed by atoms with Gasteiger partial charge in [-0.3, -0.25) is 0 Å². The lowest BCUT2D eigenvalue weighted by molar-refractivity contribution is 0.165. The SMILES string of the molecule is NCC1CCSCC12CCCSCC2. The molecular formula is C11H21NS2. The highest BCUT2D eigenvalue weighted by molar-refractivity contribution is 7.99. The van der Waals surface area contributed by atoms with Gasteiger partial charge in [-0.1, -0.05) is 0 Å². The maximum atomic E-state index is 5.94. The Hall–Kier alpha value is 0.660. The summed E-state index contributed by atoms with van der Waals surface area (Å²) in [4.78, 5) is 0. The Morgan fingerprint density at radius 2 is 2.07 bits per heavy atom. The lowest BCUT2D eigenvalue weighted by Gasteiger charge is -2.43. The Bertz CT molecular complexity index is 176. The molecule has 2 atom stereocenters. The average Bonchev–Trinajstić information content (AvgIpc) is 2.45. The molecule has 0 bridgehead atoms. The summed E-state index contributed by atoms with van der Waals surface area (Å²) >= 11 is 4.31. The van der Waals surface area contributed by atoms with Gasteiger partial charge in [0.2, 0.25) is 0 Å². The minimum Gasteiger partial charge on any atom is -0.330 e. The predicted molar refractivity (Wildman–Crippen MR) is 68.1 cm³/mol. The van der Waals surface area contributed by atoms with Gasteiger partial charge in [0.15, 0.2) is 0 Å². The fourth-order valence-electron chi connectivity index (χ4n) is 2.87. The molecule has 2 aliphatic heterocycles. The molecule has 0 amide bonds. The van der Waals surface area contributed by atoms with Gasteiger partial charge in [-0.2, -0.15) is 23.5 Å². The van der Waals surface area contributed by atoms with E-state index in [0.29, 0.717) is 5.41 Å². The molecule has 2 heterocycles. The topological polar surface area (TPSA) is 26.0 Å². The summed E-state index contributed by atoms with van der Waals surface area (Å²) in [6.45, 7) is 0.922. The lowest BCUT2D eigenvalue weighted by atomic mass is 9.70. The third kappa shape index (κ3) is 2.25. The molecule has 0 saturated carbocycles. The molecule has 0 aromatic rings. The van der Waals surface area contributed by atoms with Crippen molar-refractivity contribution in [2.45, 2.75) is 25.7 Å². The molecule has 2 N–H and O–H groups in total. The average molecular weight is 231 g/mol. The number of nitrogens with two attached hydrogens (primary N) is 1. The Morgan fingerprint density at radius 1 is 1.14 bits per heavy atom. The van der Waals surface area contributed by atoms with Gasteiger partial charge in [-0.05, 0) is 66.6 Å². The molecule has 1 nitrogen and oxygen atoms in total. The summed E-state index contributed by atoms with van der Waals surface area (Å²) in [7, 11) is 0. The molecule has 0 aromatic carbocycles. The largest absolute Gasteiger partial charge is 0.330 e. The van der Waals surface area contributed by atoms with Crippen LogP contribution in [0.15, 0.2) is 0 Å². The van der Waals surface area contributed by atoms with E-state index < -0.39 is 0 Å². The van der Waals surface area contributed by atoms with E-state index in [-0.39, 0.29) is 0 Å². The first-order valence-corrected chi connectivity index (χ1v) is 8.04. The third-order valence-corrected chi connectivity index (χ3v) is 6.23. The molecule has 2 saturated heterocycles. The zero-order valence-electron chi connectivity index (χ0n) is 8.84. The van der Waals surface area contributed by atoms with E-state index in [1.54, 1.807) is 0 Å². The van der Waals surface area contributed by atoms with Crippen molar-refractivity contribution in [1.29, 1.82) is 0 Å². The van der Waals surface area contributed by atoms with Gasteiger partial charge in [0.1, 0.15) is 0 Å². The van der Waals surface area contributed by atoms with Crippen molar-refractivity contribution in [1.82, 2.24) is 0 Å². The van der Waals surface area contributed by atoms with Crippen molar-refractivity contribution in [2.75, 3.05) is 29.6 Å². The number of thioether (sulfide) groups is 2. The van der Waals surface area contributed by atoms with Crippen LogP contribution in [0.3, 0.4) is 0 Å². The molecule has 0 aromatic heterocycles. The second kappa shape index (κ2) is 5.13. The van der Waals surface area contributed by atoms with Crippen molar-refractivity contribution >= 4 is 23.5 Å². The van der Waals surface area contributed by atoms with Gasteiger partial charge < -0.3 is 5.73 Å². The molecule has 2 fully saturated rings. The van der Waals surface area contributed by atoms with Crippen molar-refractivity contribution in [3.63, 3.8) is 0 Å². The van der Waals surface area contributed by atoms with Gasteiger partial charge in [0.25, 0.3) is 0 Å². The van der Waals surface area contributed by atoms with E-state index in [1.807, 2.05) is 0 Å². The van der Waals surface area contributed by atoms with Crippen LogP contribution >= 0.6 is 23.5 Å². The van der Waals surface area contributed by atoms with Crippen LogP contribution in [0.4, 0.5) is 0 Å². The maximum Gasteiger partial charge on any atom is -0.000737 e. The zero-order valence-corrected chi connectivity index (χ0v) is 10.5. The summed E-state index contributed by atoms with van der Waals surface area (Å²) in [6, 6.07) is 0. The van der Waals surface area contributed by atoms with Gasteiger partial charge in [0, 0.05) is 0 Å². The number of hydrogen-bond acceptors (Lipinski definition) is 3. The molecule has 1 spiro atoms. The normalized spacial score (nSPS) is 39.6. The summed E-state index contributed by atoms with van der Waals surface area (Å²) in [5, 5.41) is 0. The zero-order chi connectivity index (χ0) is 9.86. The molecule has 82 valence electrons. The molecule has 0 radical (unpaired) electrons. The van der Waals surface area contributed by atoms with E-state index in [2.05, 4.69) is 23.5 Å². The van der Waals surface area contributed by atoms with Crippen LogP contribution in [0.5, 0.6) is 0 Å². The number of hydrogen-bond donors (Lipinski definition) is 1. The van der Waals surface area contributed by atoms with Gasteiger partial charge in [-0.15, -0.1) is 0 Å². The number of rotatable bonds is 1. The monoisotopic (exact) mass is 231 g/mol. The second-order valence-electron chi connectivity index (χ2n) is 4.60. The summed E-state index contributed by atoms with van der Waals surface area (Å²) < 4.78 is 0.